The molecule has 1 aromatic heterocycles. The van der Waals surface area contributed by atoms with Crippen molar-refractivity contribution in [3.63, 3.8) is 0 Å². The van der Waals surface area contributed by atoms with Crippen molar-refractivity contribution in [3.8, 4) is 11.3 Å². The van der Waals surface area contributed by atoms with E-state index in [-0.39, 0.29) is 42.9 Å². The van der Waals surface area contributed by atoms with Crippen LogP contribution in [0.4, 0.5) is 8.78 Å². The van der Waals surface area contributed by atoms with E-state index in [1.165, 1.54) is 21.8 Å². The van der Waals surface area contributed by atoms with Crippen molar-refractivity contribution in [1.29, 1.82) is 0 Å². The number of benzene rings is 1. The van der Waals surface area contributed by atoms with Crippen LogP contribution in [0.25, 0.3) is 11.3 Å². The number of nitrogens with zero attached hydrogens (tertiary/aromatic N) is 3. The Balaban J connectivity index is 1.89. The Hall–Kier alpha value is -2.81. The van der Waals surface area contributed by atoms with E-state index in [4.69, 9.17) is 9.84 Å². The molecule has 0 bridgehead atoms. The number of carboxylic acid groups (broad SMARTS) is 1. The lowest BCUT2D eigenvalue weighted by atomic mass is 10.1. The Labute approximate surface area is 147 Å². The summed E-state index contributed by atoms with van der Waals surface area (Å²) in [7, 11) is 1.59. The van der Waals surface area contributed by atoms with Crippen LogP contribution in [0.1, 0.15) is 16.8 Å². The minimum absolute atomic E-state index is 0.0192. The molecule has 0 saturated carbocycles. The molecule has 2 heterocycles. The van der Waals surface area contributed by atoms with Gasteiger partial charge in [-0.15, -0.1) is 0 Å². The lowest BCUT2D eigenvalue weighted by Gasteiger charge is -2.32. The Morgan fingerprint density at radius 1 is 1.38 bits per heavy atom. The first kappa shape index (κ1) is 18.0. The van der Waals surface area contributed by atoms with E-state index >= 15 is 0 Å². The molecule has 1 N–H and O–H groups in total. The third-order valence-electron chi connectivity index (χ3n) is 4.07. The molecule has 1 aliphatic heterocycles. The molecular formula is C17H17F2N3O4. The van der Waals surface area contributed by atoms with Crippen LogP contribution in [0.3, 0.4) is 0 Å². The Morgan fingerprint density at radius 2 is 2.15 bits per heavy atom. The Morgan fingerprint density at radius 3 is 2.85 bits per heavy atom. The summed E-state index contributed by atoms with van der Waals surface area (Å²) in [5, 5.41) is 13.0. The van der Waals surface area contributed by atoms with Gasteiger partial charge in [0.2, 0.25) is 0 Å². The van der Waals surface area contributed by atoms with Gasteiger partial charge in [-0.05, 0) is 12.1 Å². The summed E-state index contributed by atoms with van der Waals surface area (Å²) in [6, 6.07) is 3.06. The minimum Gasteiger partial charge on any atom is -0.481 e. The molecule has 2 aromatic rings. The summed E-state index contributed by atoms with van der Waals surface area (Å²) < 4.78 is 34.0. The van der Waals surface area contributed by atoms with Crippen LogP contribution in [0.15, 0.2) is 24.4 Å². The van der Waals surface area contributed by atoms with Gasteiger partial charge in [0.05, 0.1) is 24.7 Å². The van der Waals surface area contributed by atoms with Gasteiger partial charge in [-0.1, -0.05) is 0 Å². The average Bonchev–Trinajstić information content (AvgIpc) is 2.95. The van der Waals surface area contributed by atoms with Gasteiger partial charge in [0.25, 0.3) is 5.91 Å². The highest BCUT2D eigenvalue weighted by molar-refractivity contribution is 6.00. The van der Waals surface area contributed by atoms with Crippen molar-refractivity contribution >= 4 is 11.9 Å². The van der Waals surface area contributed by atoms with Gasteiger partial charge in [0, 0.05) is 38.0 Å². The van der Waals surface area contributed by atoms with Crippen molar-refractivity contribution in [2.24, 2.45) is 7.05 Å². The standard InChI is InChI=1S/C17H17F2N3O4/c1-21-9-13(16(20-21)12-3-2-10(18)6-14(12)19)17(25)22-4-5-26-11(8-22)7-15(23)24/h2-3,6,9,11H,4-5,7-8H2,1H3,(H,23,24). The molecule has 26 heavy (non-hydrogen) atoms. The zero-order valence-corrected chi connectivity index (χ0v) is 14.0. The van der Waals surface area contributed by atoms with E-state index in [2.05, 4.69) is 5.10 Å². The number of rotatable bonds is 4. The predicted octanol–water partition coefficient (Wildman–Crippen LogP) is 1.68. The molecule has 1 atom stereocenters. The fraction of sp³-hybridized carbons (Fsp3) is 0.353. The number of ether oxygens (including phenoxy) is 1. The molecule has 0 aliphatic carbocycles. The molecule has 138 valence electrons. The van der Waals surface area contributed by atoms with Crippen LogP contribution < -0.4 is 0 Å². The maximum absolute atomic E-state index is 14.1. The first-order valence-electron chi connectivity index (χ1n) is 7.97. The molecule has 1 aliphatic rings. The van der Waals surface area contributed by atoms with E-state index < -0.39 is 29.6 Å². The molecule has 1 aromatic carbocycles. The number of aromatic nitrogens is 2. The molecule has 1 amide bonds. The second-order valence-corrected chi connectivity index (χ2v) is 6.03. The van der Waals surface area contributed by atoms with Gasteiger partial charge in [-0.3, -0.25) is 14.3 Å². The zero-order chi connectivity index (χ0) is 18.8. The molecular weight excluding hydrogens is 348 g/mol. The number of carboxylic acids is 1. The molecule has 3 rings (SSSR count). The van der Waals surface area contributed by atoms with E-state index in [0.717, 1.165) is 12.1 Å². The Bertz CT molecular complexity index is 853. The number of halogens is 2. The number of carbonyl (C=O) groups excluding carboxylic acids is 1. The quantitative estimate of drug-likeness (QED) is 0.891. The molecule has 0 spiro atoms. The molecule has 1 saturated heterocycles. The monoisotopic (exact) mass is 365 g/mol. The van der Waals surface area contributed by atoms with Gasteiger partial charge < -0.3 is 14.7 Å². The number of hydrogen-bond acceptors (Lipinski definition) is 4. The third kappa shape index (κ3) is 3.72. The van der Waals surface area contributed by atoms with Gasteiger partial charge in [0.1, 0.15) is 17.3 Å². The summed E-state index contributed by atoms with van der Waals surface area (Å²) >= 11 is 0. The van der Waals surface area contributed by atoms with Crippen molar-refractivity contribution in [2.45, 2.75) is 12.5 Å². The SMILES string of the molecule is Cn1cc(C(=O)N2CCOC(CC(=O)O)C2)c(-c2ccc(F)cc2F)n1. The number of aliphatic carboxylic acids is 1. The first-order chi connectivity index (χ1) is 12.3. The smallest absolute Gasteiger partial charge is 0.306 e. The maximum atomic E-state index is 14.1. The summed E-state index contributed by atoms with van der Waals surface area (Å²) in [5.41, 5.74) is 0.288. The first-order valence-corrected chi connectivity index (χ1v) is 7.97. The molecule has 7 nitrogen and oxygen atoms in total. The lowest BCUT2D eigenvalue weighted by Crippen LogP contribution is -2.46. The fourth-order valence-electron chi connectivity index (χ4n) is 2.92. The lowest BCUT2D eigenvalue weighted by molar-refractivity contribution is -0.141. The number of amides is 1. The average molecular weight is 365 g/mol. The van der Waals surface area contributed by atoms with Gasteiger partial charge in [-0.2, -0.15) is 5.10 Å². The number of morpholine rings is 1. The normalized spacial score (nSPS) is 17.3. The third-order valence-corrected chi connectivity index (χ3v) is 4.07. The summed E-state index contributed by atoms with van der Waals surface area (Å²) in [5.74, 6) is -2.96. The van der Waals surface area contributed by atoms with Crippen LogP contribution in [-0.2, 0) is 16.6 Å². The van der Waals surface area contributed by atoms with Crippen LogP contribution in [0.2, 0.25) is 0 Å². The zero-order valence-electron chi connectivity index (χ0n) is 14.0. The maximum Gasteiger partial charge on any atom is 0.306 e. The highest BCUT2D eigenvalue weighted by Crippen LogP contribution is 2.27. The molecule has 0 radical (unpaired) electrons. The Kier molecular flexibility index (Phi) is 4.99. The second kappa shape index (κ2) is 7.20. The van der Waals surface area contributed by atoms with Crippen LogP contribution in [0, 0.1) is 11.6 Å². The molecule has 1 fully saturated rings. The number of aryl methyl sites for hydroxylation is 1. The van der Waals surface area contributed by atoms with Crippen LogP contribution in [-0.4, -0.2) is 57.5 Å². The largest absolute Gasteiger partial charge is 0.481 e. The highest BCUT2D eigenvalue weighted by atomic mass is 19.1. The summed E-state index contributed by atoms with van der Waals surface area (Å²) in [4.78, 5) is 25.2. The van der Waals surface area contributed by atoms with Crippen molar-refractivity contribution < 1.29 is 28.2 Å². The van der Waals surface area contributed by atoms with Crippen LogP contribution >= 0.6 is 0 Å². The van der Waals surface area contributed by atoms with Crippen LogP contribution in [0.5, 0.6) is 0 Å². The van der Waals surface area contributed by atoms with Crippen molar-refractivity contribution in [3.05, 3.63) is 41.6 Å². The van der Waals surface area contributed by atoms with E-state index in [0.29, 0.717) is 0 Å². The van der Waals surface area contributed by atoms with Crippen molar-refractivity contribution in [1.82, 2.24) is 14.7 Å². The summed E-state index contributed by atoms with van der Waals surface area (Å²) in [6.07, 6.45) is 0.645. The van der Waals surface area contributed by atoms with Crippen molar-refractivity contribution in [2.75, 3.05) is 19.7 Å². The van der Waals surface area contributed by atoms with E-state index in [1.54, 1.807) is 7.05 Å². The topological polar surface area (TPSA) is 84.7 Å². The predicted molar refractivity (Wildman–Crippen MR) is 86.5 cm³/mol. The molecule has 1 unspecified atom stereocenters. The highest BCUT2D eigenvalue weighted by Gasteiger charge is 2.29. The second-order valence-electron chi connectivity index (χ2n) is 6.03. The van der Waals surface area contributed by atoms with E-state index in [9.17, 15) is 18.4 Å². The fourth-order valence-corrected chi connectivity index (χ4v) is 2.92. The van der Waals surface area contributed by atoms with E-state index in [1.807, 2.05) is 0 Å². The van der Waals surface area contributed by atoms with Gasteiger partial charge in [-0.25, -0.2) is 8.78 Å². The summed E-state index contributed by atoms with van der Waals surface area (Å²) in [6.45, 7) is 0.616. The van der Waals surface area contributed by atoms with Gasteiger partial charge in [0.15, 0.2) is 0 Å². The van der Waals surface area contributed by atoms with Gasteiger partial charge >= 0.3 is 5.97 Å². The number of carbonyl (C=O) groups is 2. The minimum atomic E-state index is -1.01. The molecule has 9 heteroatoms. The number of hydrogen-bond donors (Lipinski definition) is 1.